The van der Waals surface area contributed by atoms with Crippen LogP contribution in [-0.4, -0.2) is 37.9 Å². The molecule has 0 aliphatic rings. The second-order valence-corrected chi connectivity index (χ2v) is 2.82. The van der Waals surface area contributed by atoms with E-state index in [1.54, 1.807) is 0 Å². The van der Waals surface area contributed by atoms with Crippen LogP contribution in [0.15, 0.2) is 0 Å². The lowest BCUT2D eigenvalue weighted by molar-refractivity contribution is -0.170. The summed E-state index contributed by atoms with van der Waals surface area (Å²) in [6.45, 7) is 2.01. The van der Waals surface area contributed by atoms with Gasteiger partial charge in [0.2, 0.25) is 0 Å². The largest absolute Gasteiger partial charge is 0.460 e. The molecule has 4 nitrogen and oxygen atoms in total. The number of hydrogen-bond acceptors (Lipinski definition) is 4. The molecule has 0 saturated carbocycles. The number of carbonyl (C=O) groups is 1. The minimum atomic E-state index is -0.466. The Labute approximate surface area is 80.3 Å². The Morgan fingerprint density at radius 3 is 2.67 bits per heavy atom. The Morgan fingerprint density at radius 2 is 2.25 bits per heavy atom. The van der Waals surface area contributed by atoms with Crippen LogP contribution in [0.5, 0.6) is 0 Å². The van der Waals surface area contributed by atoms with E-state index >= 15 is 0 Å². The normalized spacial score (nSPS) is 12.6. The molecule has 12 heavy (non-hydrogen) atoms. The SMILES string of the molecule is CO[C@H](COC(C)=O)OCCBr. The molecule has 0 aromatic carbocycles. The molecular weight excluding hydrogens is 228 g/mol. The lowest BCUT2D eigenvalue weighted by atomic mass is 10.6. The van der Waals surface area contributed by atoms with E-state index < -0.39 is 6.29 Å². The van der Waals surface area contributed by atoms with Crippen molar-refractivity contribution in [2.24, 2.45) is 0 Å². The number of hydrogen-bond donors (Lipinski definition) is 0. The zero-order valence-corrected chi connectivity index (χ0v) is 8.80. The number of rotatable bonds is 6. The van der Waals surface area contributed by atoms with Gasteiger partial charge in [0.1, 0.15) is 6.61 Å². The second kappa shape index (κ2) is 7.52. The van der Waals surface area contributed by atoms with Crippen molar-refractivity contribution in [3.63, 3.8) is 0 Å². The number of esters is 1. The molecule has 0 fully saturated rings. The molecule has 0 radical (unpaired) electrons. The highest BCUT2D eigenvalue weighted by molar-refractivity contribution is 9.09. The van der Waals surface area contributed by atoms with E-state index in [1.807, 2.05) is 0 Å². The van der Waals surface area contributed by atoms with Gasteiger partial charge in [0.05, 0.1) is 6.61 Å². The molecule has 1 atom stereocenters. The van der Waals surface area contributed by atoms with Gasteiger partial charge in [-0.3, -0.25) is 4.79 Å². The summed E-state index contributed by atoms with van der Waals surface area (Å²) in [5.74, 6) is -0.334. The first kappa shape index (κ1) is 11.9. The van der Waals surface area contributed by atoms with E-state index in [1.165, 1.54) is 14.0 Å². The average molecular weight is 241 g/mol. The third kappa shape index (κ3) is 6.57. The van der Waals surface area contributed by atoms with Crippen LogP contribution in [-0.2, 0) is 19.0 Å². The first-order valence-electron chi connectivity index (χ1n) is 3.54. The third-order valence-electron chi connectivity index (χ3n) is 1.07. The van der Waals surface area contributed by atoms with Gasteiger partial charge in [0, 0.05) is 19.4 Å². The highest BCUT2D eigenvalue weighted by atomic mass is 79.9. The summed E-state index contributed by atoms with van der Waals surface area (Å²) in [5, 5.41) is 0.729. The van der Waals surface area contributed by atoms with E-state index in [0.29, 0.717) is 6.61 Å². The van der Waals surface area contributed by atoms with Crippen molar-refractivity contribution in [2.75, 3.05) is 25.7 Å². The molecule has 72 valence electrons. The minimum absolute atomic E-state index is 0.138. The molecule has 0 bridgehead atoms. The fraction of sp³-hybridized carbons (Fsp3) is 0.857. The second-order valence-electron chi connectivity index (χ2n) is 2.03. The summed E-state index contributed by atoms with van der Waals surface area (Å²) in [6, 6.07) is 0. The molecule has 0 amide bonds. The molecule has 0 N–H and O–H groups in total. The molecule has 0 aliphatic carbocycles. The summed E-state index contributed by atoms with van der Waals surface area (Å²) < 4.78 is 14.7. The van der Waals surface area contributed by atoms with Gasteiger partial charge in [0.25, 0.3) is 0 Å². The molecule has 0 aromatic rings. The first-order valence-corrected chi connectivity index (χ1v) is 4.66. The fourth-order valence-electron chi connectivity index (χ4n) is 0.546. The Balaban J connectivity index is 3.45. The Morgan fingerprint density at radius 1 is 1.58 bits per heavy atom. The van der Waals surface area contributed by atoms with Crippen LogP contribution < -0.4 is 0 Å². The van der Waals surface area contributed by atoms with E-state index in [-0.39, 0.29) is 12.6 Å². The van der Waals surface area contributed by atoms with Gasteiger partial charge in [-0.2, -0.15) is 0 Å². The van der Waals surface area contributed by atoms with Crippen molar-refractivity contribution in [3.8, 4) is 0 Å². The van der Waals surface area contributed by atoms with Crippen LogP contribution in [0, 0.1) is 0 Å². The molecule has 5 heteroatoms. The standard InChI is InChI=1S/C7H13BrO4/c1-6(9)12-5-7(10-2)11-4-3-8/h7H,3-5H2,1-2H3/t7-/m0/s1. The number of methoxy groups -OCH3 is 1. The zero-order chi connectivity index (χ0) is 9.40. The summed E-state index contributed by atoms with van der Waals surface area (Å²) in [5.41, 5.74) is 0. The molecule has 0 heterocycles. The number of ether oxygens (including phenoxy) is 3. The topological polar surface area (TPSA) is 44.8 Å². The monoisotopic (exact) mass is 240 g/mol. The number of carbonyl (C=O) groups excluding carboxylic acids is 1. The summed E-state index contributed by atoms with van der Waals surface area (Å²) in [7, 11) is 1.50. The van der Waals surface area contributed by atoms with Crippen molar-refractivity contribution in [3.05, 3.63) is 0 Å². The van der Waals surface area contributed by atoms with Gasteiger partial charge in [-0.1, -0.05) is 15.9 Å². The average Bonchev–Trinajstić information content (AvgIpc) is 2.05. The fourth-order valence-corrected chi connectivity index (χ4v) is 0.732. The van der Waals surface area contributed by atoms with Crippen molar-refractivity contribution < 1.29 is 19.0 Å². The summed E-state index contributed by atoms with van der Waals surface area (Å²) in [4.78, 5) is 10.4. The Hall–Kier alpha value is -0.130. The molecule has 0 aliphatic heterocycles. The van der Waals surface area contributed by atoms with Crippen LogP contribution >= 0.6 is 15.9 Å². The van der Waals surface area contributed by atoms with Crippen LogP contribution in [0.25, 0.3) is 0 Å². The quantitative estimate of drug-likeness (QED) is 0.394. The van der Waals surface area contributed by atoms with Gasteiger partial charge >= 0.3 is 5.97 Å². The van der Waals surface area contributed by atoms with Crippen LogP contribution in [0.4, 0.5) is 0 Å². The Kier molecular flexibility index (Phi) is 7.43. The molecular formula is C7H13BrO4. The van der Waals surface area contributed by atoms with Crippen molar-refractivity contribution in [1.82, 2.24) is 0 Å². The van der Waals surface area contributed by atoms with Crippen molar-refractivity contribution >= 4 is 21.9 Å². The smallest absolute Gasteiger partial charge is 0.302 e. The molecule has 0 saturated heterocycles. The maximum atomic E-state index is 10.4. The van der Waals surface area contributed by atoms with Crippen LogP contribution in [0.1, 0.15) is 6.92 Å². The van der Waals surface area contributed by atoms with Gasteiger partial charge in [0.15, 0.2) is 6.29 Å². The number of alkyl halides is 1. The Bertz CT molecular complexity index is 129. The lowest BCUT2D eigenvalue weighted by Gasteiger charge is -2.14. The third-order valence-corrected chi connectivity index (χ3v) is 1.39. The number of halogens is 1. The lowest BCUT2D eigenvalue weighted by Crippen LogP contribution is -2.24. The maximum absolute atomic E-state index is 10.4. The highest BCUT2D eigenvalue weighted by Crippen LogP contribution is 1.95. The molecule has 0 rings (SSSR count). The van der Waals surface area contributed by atoms with Gasteiger partial charge in [-0.15, -0.1) is 0 Å². The zero-order valence-electron chi connectivity index (χ0n) is 7.21. The van der Waals surface area contributed by atoms with Crippen LogP contribution in [0.3, 0.4) is 0 Å². The van der Waals surface area contributed by atoms with Gasteiger partial charge in [-0.25, -0.2) is 0 Å². The summed E-state index contributed by atoms with van der Waals surface area (Å²) in [6.07, 6.45) is -0.466. The van der Waals surface area contributed by atoms with Gasteiger partial charge < -0.3 is 14.2 Å². The highest BCUT2D eigenvalue weighted by Gasteiger charge is 2.08. The molecule has 0 unspecified atom stereocenters. The van der Waals surface area contributed by atoms with E-state index in [2.05, 4.69) is 20.7 Å². The van der Waals surface area contributed by atoms with Crippen LogP contribution in [0.2, 0.25) is 0 Å². The summed E-state index contributed by atoms with van der Waals surface area (Å²) >= 11 is 3.20. The van der Waals surface area contributed by atoms with E-state index in [4.69, 9.17) is 9.47 Å². The predicted octanol–water partition coefficient (Wildman–Crippen LogP) is 0.933. The van der Waals surface area contributed by atoms with E-state index in [0.717, 1.165) is 5.33 Å². The predicted molar refractivity (Wildman–Crippen MR) is 47.2 cm³/mol. The van der Waals surface area contributed by atoms with E-state index in [9.17, 15) is 4.79 Å². The maximum Gasteiger partial charge on any atom is 0.302 e. The molecule has 0 aromatic heterocycles. The molecule has 0 spiro atoms. The van der Waals surface area contributed by atoms with Crippen molar-refractivity contribution in [1.29, 1.82) is 0 Å². The van der Waals surface area contributed by atoms with Crippen molar-refractivity contribution in [2.45, 2.75) is 13.2 Å². The van der Waals surface area contributed by atoms with Gasteiger partial charge in [-0.05, 0) is 0 Å². The minimum Gasteiger partial charge on any atom is -0.460 e. The first-order chi connectivity index (χ1) is 5.70.